The maximum Gasteiger partial charge on any atom is 0.0239 e. The summed E-state index contributed by atoms with van der Waals surface area (Å²) in [6, 6.07) is 11.9. The van der Waals surface area contributed by atoms with E-state index in [0.29, 0.717) is 12.1 Å². The summed E-state index contributed by atoms with van der Waals surface area (Å²) in [5.74, 6) is 0. The van der Waals surface area contributed by atoms with Crippen LogP contribution in [-0.4, -0.2) is 30.1 Å². The molecule has 1 aromatic carbocycles. The maximum absolute atomic E-state index is 3.51. The Morgan fingerprint density at radius 2 is 1.78 bits per heavy atom. The van der Waals surface area contributed by atoms with Crippen molar-refractivity contribution in [3.8, 4) is 0 Å². The van der Waals surface area contributed by atoms with Gasteiger partial charge in [0.25, 0.3) is 0 Å². The number of hydrogen-bond acceptors (Lipinski definition) is 2. The molecule has 0 aliphatic heterocycles. The third-order valence-electron chi connectivity index (χ3n) is 3.30. The van der Waals surface area contributed by atoms with Crippen molar-refractivity contribution < 1.29 is 0 Å². The molecule has 0 amide bonds. The normalized spacial score (nSPS) is 13.2. The number of rotatable bonds is 8. The van der Waals surface area contributed by atoms with Crippen molar-refractivity contribution in [2.75, 3.05) is 13.1 Å². The molecule has 0 fully saturated rings. The molecule has 18 heavy (non-hydrogen) atoms. The molecule has 0 radical (unpaired) electrons. The second-order valence-corrected chi connectivity index (χ2v) is 5.30. The molecule has 0 bridgehead atoms. The van der Waals surface area contributed by atoms with Crippen LogP contribution in [-0.2, 0) is 6.54 Å². The van der Waals surface area contributed by atoms with Crippen molar-refractivity contribution in [1.29, 1.82) is 0 Å². The summed E-state index contributed by atoms with van der Waals surface area (Å²) in [5, 5.41) is 3.51. The molecule has 0 aliphatic rings. The minimum Gasteiger partial charge on any atom is -0.315 e. The fourth-order valence-corrected chi connectivity index (χ4v) is 2.25. The van der Waals surface area contributed by atoms with Crippen molar-refractivity contribution in [3.05, 3.63) is 35.9 Å². The van der Waals surface area contributed by atoms with Gasteiger partial charge in [0.05, 0.1) is 0 Å². The number of nitrogens with one attached hydrogen (secondary N) is 1. The van der Waals surface area contributed by atoms with Crippen LogP contribution in [0, 0.1) is 0 Å². The van der Waals surface area contributed by atoms with E-state index < -0.39 is 0 Å². The minimum atomic E-state index is 0.566. The highest BCUT2D eigenvalue weighted by atomic mass is 15.2. The third kappa shape index (κ3) is 5.19. The van der Waals surface area contributed by atoms with Gasteiger partial charge in [0.2, 0.25) is 0 Å². The van der Waals surface area contributed by atoms with Crippen LogP contribution in [0.2, 0.25) is 0 Å². The second kappa shape index (κ2) is 8.28. The topological polar surface area (TPSA) is 15.3 Å². The van der Waals surface area contributed by atoms with Crippen LogP contribution in [0.3, 0.4) is 0 Å². The van der Waals surface area contributed by atoms with Crippen molar-refractivity contribution in [1.82, 2.24) is 10.2 Å². The lowest BCUT2D eigenvalue weighted by molar-refractivity contribution is 0.152. The average Bonchev–Trinajstić information content (AvgIpc) is 2.37. The van der Waals surface area contributed by atoms with Gasteiger partial charge in [-0.25, -0.2) is 0 Å². The van der Waals surface area contributed by atoms with Gasteiger partial charge < -0.3 is 5.32 Å². The Bertz CT molecular complexity index is 308. The molecular weight excluding hydrogens is 220 g/mol. The molecule has 0 saturated carbocycles. The lowest BCUT2D eigenvalue weighted by Crippen LogP contribution is -2.43. The molecular formula is C16H28N2. The first kappa shape index (κ1) is 15.2. The van der Waals surface area contributed by atoms with E-state index in [9.17, 15) is 0 Å². The Balaban J connectivity index is 2.54. The Morgan fingerprint density at radius 3 is 2.33 bits per heavy atom. The maximum atomic E-state index is 3.51. The molecule has 102 valence electrons. The molecule has 2 nitrogen and oxygen atoms in total. The Hall–Kier alpha value is -0.860. The average molecular weight is 248 g/mol. The predicted molar refractivity (Wildman–Crippen MR) is 79.7 cm³/mol. The van der Waals surface area contributed by atoms with Crippen LogP contribution in [0.1, 0.15) is 39.7 Å². The lowest BCUT2D eigenvalue weighted by Gasteiger charge is -2.33. The van der Waals surface area contributed by atoms with Crippen molar-refractivity contribution in [2.24, 2.45) is 0 Å². The van der Waals surface area contributed by atoms with Gasteiger partial charge in [0.15, 0.2) is 0 Å². The zero-order valence-corrected chi connectivity index (χ0v) is 12.3. The first-order chi connectivity index (χ1) is 8.65. The van der Waals surface area contributed by atoms with Crippen LogP contribution in [0.4, 0.5) is 0 Å². The molecule has 0 spiro atoms. The number of nitrogens with zero attached hydrogens (tertiary/aromatic N) is 1. The lowest BCUT2D eigenvalue weighted by atomic mass is 10.1. The van der Waals surface area contributed by atoms with E-state index in [0.717, 1.165) is 19.6 Å². The highest BCUT2D eigenvalue weighted by Crippen LogP contribution is 2.11. The number of hydrogen-bond donors (Lipinski definition) is 1. The van der Waals surface area contributed by atoms with Gasteiger partial charge in [0.1, 0.15) is 0 Å². The van der Waals surface area contributed by atoms with Crippen LogP contribution >= 0.6 is 0 Å². The molecule has 2 heteroatoms. The molecule has 0 aromatic heterocycles. The van der Waals surface area contributed by atoms with Crippen LogP contribution < -0.4 is 5.32 Å². The number of benzene rings is 1. The highest BCUT2D eigenvalue weighted by molar-refractivity contribution is 5.14. The smallest absolute Gasteiger partial charge is 0.0239 e. The highest BCUT2D eigenvalue weighted by Gasteiger charge is 2.16. The van der Waals surface area contributed by atoms with Crippen LogP contribution in [0.25, 0.3) is 0 Å². The molecule has 1 rings (SSSR count). The summed E-state index contributed by atoms with van der Waals surface area (Å²) in [6.45, 7) is 12.3. The monoisotopic (exact) mass is 248 g/mol. The largest absolute Gasteiger partial charge is 0.315 e. The Morgan fingerprint density at radius 1 is 1.11 bits per heavy atom. The van der Waals surface area contributed by atoms with Crippen molar-refractivity contribution >= 4 is 0 Å². The van der Waals surface area contributed by atoms with Gasteiger partial charge in [-0.1, -0.05) is 37.3 Å². The molecule has 0 heterocycles. The van der Waals surface area contributed by atoms with E-state index >= 15 is 0 Å². The summed E-state index contributed by atoms with van der Waals surface area (Å²) in [5.41, 5.74) is 1.40. The third-order valence-corrected chi connectivity index (χ3v) is 3.30. The summed E-state index contributed by atoms with van der Waals surface area (Å²) in [7, 11) is 0. The summed E-state index contributed by atoms with van der Waals surface area (Å²) >= 11 is 0. The molecule has 0 saturated heterocycles. The van der Waals surface area contributed by atoms with Gasteiger partial charge in [0, 0.05) is 25.2 Å². The minimum absolute atomic E-state index is 0.566. The van der Waals surface area contributed by atoms with E-state index in [1.54, 1.807) is 0 Å². The van der Waals surface area contributed by atoms with E-state index in [2.05, 4.69) is 68.2 Å². The fourth-order valence-electron chi connectivity index (χ4n) is 2.25. The van der Waals surface area contributed by atoms with Gasteiger partial charge in [-0.3, -0.25) is 4.90 Å². The zero-order chi connectivity index (χ0) is 13.4. The van der Waals surface area contributed by atoms with Gasteiger partial charge in [-0.2, -0.15) is 0 Å². The molecule has 1 aromatic rings. The summed E-state index contributed by atoms with van der Waals surface area (Å²) < 4.78 is 0. The van der Waals surface area contributed by atoms with Crippen LogP contribution in [0.15, 0.2) is 30.3 Å². The molecule has 1 N–H and O–H groups in total. The SMILES string of the molecule is CCCNCC(C)N(Cc1ccccc1)C(C)C. The first-order valence-corrected chi connectivity index (χ1v) is 7.15. The molecule has 1 atom stereocenters. The van der Waals surface area contributed by atoms with Gasteiger partial charge >= 0.3 is 0 Å². The van der Waals surface area contributed by atoms with Crippen molar-refractivity contribution in [3.63, 3.8) is 0 Å². The second-order valence-electron chi connectivity index (χ2n) is 5.30. The Labute approximate surface area is 112 Å². The molecule has 1 unspecified atom stereocenters. The van der Waals surface area contributed by atoms with Gasteiger partial charge in [-0.15, -0.1) is 0 Å². The fraction of sp³-hybridized carbons (Fsp3) is 0.625. The zero-order valence-electron chi connectivity index (χ0n) is 12.3. The van der Waals surface area contributed by atoms with Gasteiger partial charge in [-0.05, 0) is 39.3 Å². The predicted octanol–water partition coefficient (Wildman–Crippen LogP) is 3.29. The van der Waals surface area contributed by atoms with E-state index in [1.165, 1.54) is 12.0 Å². The summed E-state index contributed by atoms with van der Waals surface area (Å²) in [6.07, 6.45) is 1.20. The first-order valence-electron chi connectivity index (χ1n) is 7.15. The Kier molecular flexibility index (Phi) is 6.99. The standard InChI is InChI=1S/C16H28N2/c1-5-11-17-12-15(4)18(14(2)3)13-16-9-7-6-8-10-16/h6-10,14-15,17H,5,11-13H2,1-4H3. The van der Waals surface area contributed by atoms with Crippen LogP contribution in [0.5, 0.6) is 0 Å². The molecule has 0 aliphatic carbocycles. The quantitative estimate of drug-likeness (QED) is 0.710. The summed E-state index contributed by atoms with van der Waals surface area (Å²) in [4.78, 5) is 2.55. The van der Waals surface area contributed by atoms with Crippen molar-refractivity contribution in [2.45, 2.75) is 52.7 Å². The van der Waals surface area contributed by atoms with E-state index in [4.69, 9.17) is 0 Å². The van der Waals surface area contributed by atoms with E-state index in [1.807, 2.05) is 0 Å². The van der Waals surface area contributed by atoms with E-state index in [-0.39, 0.29) is 0 Å².